The average molecular weight is 159 g/mol. The number of carbonyl (C=O) groups is 1. The lowest BCUT2D eigenvalue weighted by Crippen LogP contribution is -2.08. The Labute approximate surface area is 63.8 Å². The molecular formula is C6H9NO4. The maximum atomic E-state index is 10.5. The molecule has 0 spiro atoms. The van der Waals surface area contributed by atoms with Crippen molar-refractivity contribution in [3.63, 3.8) is 0 Å². The number of nitrogens with zero attached hydrogens (tertiary/aromatic N) is 1. The molecule has 0 radical (unpaired) electrons. The Hall–Kier alpha value is -1.39. The first-order valence-corrected chi connectivity index (χ1v) is 3.06. The van der Waals surface area contributed by atoms with E-state index in [4.69, 9.17) is 0 Å². The van der Waals surface area contributed by atoms with Crippen molar-refractivity contribution in [3.8, 4) is 0 Å². The maximum Gasteiger partial charge on any atom is 0.345 e. The maximum absolute atomic E-state index is 10.5. The minimum atomic E-state index is -0.766. The van der Waals surface area contributed by atoms with Crippen LogP contribution in [0.4, 0.5) is 0 Å². The van der Waals surface area contributed by atoms with E-state index in [2.05, 4.69) is 4.74 Å². The summed E-state index contributed by atoms with van der Waals surface area (Å²) in [5, 5.41) is 10.1. The number of ketones is 1. The van der Waals surface area contributed by atoms with Crippen molar-refractivity contribution in [1.29, 1.82) is 0 Å². The third-order valence-corrected chi connectivity index (χ3v) is 0.919. The lowest BCUT2D eigenvalue weighted by molar-refractivity contribution is -0.420. The van der Waals surface area contributed by atoms with Crippen LogP contribution in [0.2, 0.25) is 0 Å². The van der Waals surface area contributed by atoms with E-state index < -0.39 is 16.4 Å². The van der Waals surface area contributed by atoms with Crippen molar-refractivity contribution in [2.45, 2.75) is 13.8 Å². The Bertz CT molecular complexity index is 181. The van der Waals surface area contributed by atoms with Crippen molar-refractivity contribution >= 4 is 5.78 Å². The highest BCUT2D eigenvalue weighted by molar-refractivity contribution is 5.90. The molecule has 0 saturated carbocycles. The van der Waals surface area contributed by atoms with Gasteiger partial charge >= 0.3 is 5.70 Å². The predicted octanol–water partition coefficient (Wildman–Crippen LogP) is 0.730. The number of Topliss-reactive ketones (excluding diaryl/α,β-unsaturated/α-hetero) is 1. The molecule has 0 amide bonds. The molecule has 0 heterocycles. The molecule has 0 aromatic heterocycles. The van der Waals surface area contributed by atoms with Gasteiger partial charge in [0.05, 0.1) is 11.5 Å². The first kappa shape index (κ1) is 9.61. The van der Waals surface area contributed by atoms with E-state index in [-0.39, 0.29) is 0 Å². The van der Waals surface area contributed by atoms with Gasteiger partial charge in [0.2, 0.25) is 5.78 Å². The first-order valence-electron chi connectivity index (χ1n) is 3.06. The number of nitro groups is 1. The van der Waals surface area contributed by atoms with Crippen LogP contribution in [-0.4, -0.2) is 17.3 Å². The number of ether oxygens (including phenoxy) is 1. The summed E-state index contributed by atoms with van der Waals surface area (Å²) in [5.74, 6) is -0.608. The van der Waals surface area contributed by atoms with Gasteiger partial charge in [-0.1, -0.05) is 0 Å². The van der Waals surface area contributed by atoms with E-state index in [0.29, 0.717) is 6.61 Å². The third-order valence-electron chi connectivity index (χ3n) is 0.919. The van der Waals surface area contributed by atoms with Gasteiger partial charge in [0, 0.05) is 6.92 Å². The summed E-state index contributed by atoms with van der Waals surface area (Å²) in [6.07, 6.45) is 0.863. The fourth-order valence-corrected chi connectivity index (χ4v) is 0.417. The largest absolute Gasteiger partial charge is 0.494 e. The molecule has 0 aliphatic heterocycles. The van der Waals surface area contributed by atoms with E-state index in [1.807, 2.05) is 0 Å². The van der Waals surface area contributed by atoms with Crippen LogP contribution < -0.4 is 0 Å². The summed E-state index contributed by atoms with van der Waals surface area (Å²) in [6.45, 7) is 3.10. The molecular weight excluding hydrogens is 150 g/mol. The Kier molecular flexibility index (Phi) is 3.87. The molecule has 11 heavy (non-hydrogen) atoms. The minimum absolute atomic E-state index is 0.310. The molecule has 0 fully saturated rings. The van der Waals surface area contributed by atoms with Gasteiger partial charge in [0.15, 0.2) is 6.26 Å². The number of carbonyl (C=O) groups excluding carboxylic acids is 1. The molecule has 0 aromatic carbocycles. The van der Waals surface area contributed by atoms with Crippen molar-refractivity contribution < 1.29 is 14.5 Å². The second kappa shape index (κ2) is 4.43. The summed E-state index contributed by atoms with van der Waals surface area (Å²) in [7, 11) is 0. The molecule has 5 nitrogen and oxygen atoms in total. The van der Waals surface area contributed by atoms with Crippen LogP contribution >= 0.6 is 0 Å². The Morgan fingerprint density at radius 2 is 2.27 bits per heavy atom. The van der Waals surface area contributed by atoms with Crippen LogP contribution in [0.15, 0.2) is 12.0 Å². The van der Waals surface area contributed by atoms with E-state index in [1.165, 1.54) is 0 Å². The van der Waals surface area contributed by atoms with Crippen LogP contribution in [-0.2, 0) is 9.53 Å². The van der Waals surface area contributed by atoms with Crippen LogP contribution in [0.3, 0.4) is 0 Å². The Balaban J connectivity index is 4.33. The van der Waals surface area contributed by atoms with Gasteiger partial charge in [-0.25, -0.2) is 0 Å². The number of allylic oxidation sites excluding steroid dienone is 1. The molecule has 0 aliphatic carbocycles. The Morgan fingerprint density at radius 3 is 2.55 bits per heavy atom. The summed E-state index contributed by atoms with van der Waals surface area (Å²) in [4.78, 5) is 19.8. The van der Waals surface area contributed by atoms with E-state index in [1.54, 1.807) is 6.92 Å². The highest BCUT2D eigenvalue weighted by Crippen LogP contribution is 1.96. The summed E-state index contributed by atoms with van der Waals surface area (Å²) < 4.78 is 4.59. The van der Waals surface area contributed by atoms with Crippen LogP contribution in [0.1, 0.15) is 13.8 Å². The van der Waals surface area contributed by atoms with Crippen LogP contribution in [0, 0.1) is 10.1 Å². The third kappa shape index (κ3) is 3.34. The smallest absolute Gasteiger partial charge is 0.345 e. The topological polar surface area (TPSA) is 69.4 Å². The zero-order chi connectivity index (χ0) is 8.85. The van der Waals surface area contributed by atoms with E-state index in [0.717, 1.165) is 13.2 Å². The summed E-state index contributed by atoms with van der Waals surface area (Å²) in [5.41, 5.74) is -0.521. The zero-order valence-electron chi connectivity index (χ0n) is 6.36. The highest BCUT2D eigenvalue weighted by Gasteiger charge is 2.16. The van der Waals surface area contributed by atoms with Gasteiger partial charge in [0.1, 0.15) is 0 Å². The Morgan fingerprint density at radius 1 is 1.73 bits per heavy atom. The zero-order valence-corrected chi connectivity index (χ0v) is 6.36. The van der Waals surface area contributed by atoms with Gasteiger partial charge in [-0.2, -0.15) is 0 Å². The second-order valence-corrected chi connectivity index (χ2v) is 1.77. The quantitative estimate of drug-likeness (QED) is 0.262. The average Bonchev–Trinajstić information content (AvgIpc) is 1.87. The lowest BCUT2D eigenvalue weighted by atomic mass is 10.3. The molecule has 0 saturated heterocycles. The summed E-state index contributed by atoms with van der Waals surface area (Å²) in [6, 6.07) is 0. The highest BCUT2D eigenvalue weighted by atomic mass is 16.6. The lowest BCUT2D eigenvalue weighted by Gasteiger charge is -1.93. The molecule has 62 valence electrons. The van der Waals surface area contributed by atoms with E-state index in [9.17, 15) is 14.9 Å². The van der Waals surface area contributed by atoms with Crippen molar-refractivity contribution in [2.75, 3.05) is 6.61 Å². The molecule has 0 unspecified atom stereocenters. The van der Waals surface area contributed by atoms with Crippen molar-refractivity contribution in [3.05, 3.63) is 22.1 Å². The van der Waals surface area contributed by atoms with Gasteiger partial charge < -0.3 is 4.74 Å². The fourth-order valence-electron chi connectivity index (χ4n) is 0.417. The monoisotopic (exact) mass is 159 g/mol. The van der Waals surface area contributed by atoms with Crippen LogP contribution in [0.25, 0.3) is 0 Å². The van der Waals surface area contributed by atoms with Gasteiger partial charge in [-0.15, -0.1) is 0 Å². The molecule has 0 aromatic rings. The second-order valence-electron chi connectivity index (χ2n) is 1.77. The van der Waals surface area contributed by atoms with Gasteiger partial charge in [-0.05, 0) is 6.92 Å². The van der Waals surface area contributed by atoms with Gasteiger partial charge in [0.25, 0.3) is 0 Å². The van der Waals surface area contributed by atoms with Crippen LogP contribution in [0.5, 0.6) is 0 Å². The van der Waals surface area contributed by atoms with Crippen molar-refractivity contribution in [2.24, 2.45) is 0 Å². The first-order chi connectivity index (χ1) is 5.09. The van der Waals surface area contributed by atoms with Crippen molar-refractivity contribution in [1.82, 2.24) is 0 Å². The molecule has 5 heteroatoms. The SMILES string of the molecule is CCOC=C(C(C)=O)[N+](=O)[O-]. The number of hydrogen-bond acceptors (Lipinski definition) is 4. The van der Waals surface area contributed by atoms with Gasteiger partial charge in [-0.3, -0.25) is 14.9 Å². The number of rotatable bonds is 4. The molecule has 0 aliphatic rings. The molecule has 0 rings (SSSR count). The minimum Gasteiger partial charge on any atom is -0.494 e. The standard InChI is InChI=1S/C6H9NO4/c1-3-11-4-6(5(2)8)7(9)10/h4H,3H2,1-2H3. The molecule has 0 bridgehead atoms. The molecule has 0 atom stereocenters. The van der Waals surface area contributed by atoms with E-state index >= 15 is 0 Å². The normalized spacial score (nSPS) is 10.9. The summed E-state index contributed by atoms with van der Waals surface area (Å²) >= 11 is 0. The predicted molar refractivity (Wildman–Crippen MR) is 37.4 cm³/mol. The molecule has 0 N–H and O–H groups in total. The fraction of sp³-hybridized carbons (Fsp3) is 0.500. The number of hydrogen-bond donors (Lipinski definition) is 0.